The Hall–Kier alpha value is -0.830. The molecule has 0 amide bonds. The Morgan fingerprint density at radius 1 is 1.42 bits per heavy atom. The van der Waals surface area contributed by atoms with Crippen LogP contribution in [0.3, 0.4) is 0 Å². The topological polar surface area (TPSA) is 28.7 Å². The number of nitrogens with zero attached hydrogens (tertiary/aromatic N) is 1. The summed E-state index contributed by atoms with van der Waals surface area (Å²) < 4.78 is 0. The van der Waals surface area contributed by atoms with E-state index in [0.717, 1.165) is 10.3 Å². The molecule has 0 aliphatic carbocycles. The maximum atomic E-state index is 4.22. The van der Waals surface area contributed by atoms with Gasteiger partial charge >= 0.3 is 0 Å². The second kappa shape index (κ2) is 2.33. The summed E-state index contributed by atoms with van der Waals surface area (Å²) in [5.74, 6) is 0. The predicted molar refractivity (Wildman–Crippen MR) is 52.7 cm³/mol. The molecule has 0 spiro atoms. The molecule has 0 saturated carbocycles. The van der Waals surface area contributed by atoms with E-state index in [2.05, 4.69) is 36.8 Å². The predicted octanol–water partition coefficient (Wildman–Crippen LogP) is 2.92. The Labute approximate surface area is 75.6 Å². The number of H-pyrrole nitrogens is 1. The lowest BCUT2D eigenvalue weighted by Gasteiger charge is -2.14. The number of rotatable bonds is 0. The van der Waals surface area contributed by atoms with Crippen LogP contribution in [-0.2, 0) is 5.41 Å². The zero-order valence-corrected chi connectivity index (χ0v) is 8.33. The van der Waals surface area contributed by atoms with Gasteiger partial charge in [0.15, 0.2) is 0 Å². The van der Waals surface area contributed by atoms with Crippen LogP contribution in [0.1, 0.15) is 25.6 Å². The number of aromatic nitrogens is 2. The van der Waals surface area contributed by atoms with E-state index in [-0.39, 0.29) is 5.41 Å². The van der Waals surface area contributed by atoms with Crippen molar-refractivity contribution in [2.75, 3.05) is 0 Å². The largest absolute Gasteiger partial charge is 0.344 e. The van der Waals surface area contributed by atoms with Crippen molar-refractivity contribution in [2.45, 2.75) is 26.2 Å². The van der Waals surface area contributed by atoms with Gasteiger partial charge in [0.25, 0.3) is 0 Å². The van der Waals surface area contributed by atoms with E-state index >= 15 is 0 Å². The van der Waals surface area contributed by atoms with E-state index < -0.39 is 0 Å². The van der Waals surface area contributed by atoms with Crippen molar-refractivity contribution < 1.29 is 0 Å². The SMILES string of the molecule is CC(C)(C)c1cc2[nH]cnc2s1. The maximum Gasteiger partial charge on any atom is 0.141 e. The first kappa shape index (κ1) is 7.80. The first-order valence-corrected chi connectivity index (χ1v) is 4.82. The summed E-state index contributed by atoms with van der Waals surface area (Å²) in [5, 5.41) is 0. The Kier molecular flexibility index (Phi) is 1.51. The lowest BCUT2D eigenvalue weighted by atomic mass is 9.95. The van der Waals surface area contributed by atoms with Crippen LogP contribution in [0.4, 0.5) is 0 Å². The first-order valence-electron chi connectivity index (χ1n) is 4.01. The van der Waals surface area contributed by atoms with E-state index in [1.165, 1.54) is 4.88 Å². The minimum atomic E-state index is 0.242. The third kappa shape index (κ3) is 1.14. The van der Waals surface area contributed by atoms with Gasteiger partial charge in [-0.05, 0) is 11.5 Å². The molecular weight excluding hydrogens is 168 g/mol. The van der Waals surface area contributed by atoms with Gasteiger partial charge in [-0.2, -0.15) is 0 Å². The van der Waals surface area contributed by atoms with Gasteiger partial charge in [-0.25, -0.2) is 4.98 Å². The first-order chi connectivity index (χ1) is 5.57. The van der Waals surface area contributed by atoms with Crippen LogP contribution in [0.5, 0.6) is 0 Å². The molecule has 64 valence electrons. The van der Waals surface area contributed by atoms with Crippen molar-refractivity contribution in [3.63, 3.8) is 0 Å². The lowest BCUT2D eigenvalue weighted by molar-refractivity contribution is 0.604. The molecule has 0 aliphatic rings. The van der Waals surface area contributed by atoms with Gasteiger partial charge < -0.3 is 4.98 Å². The minimum absolute atomic E-state index is 0.242. The number of hydrogen-bond acceptors (Lipinski definition) is 2. The van der Waals surface area contributed by atoms with Crippen molar-refractivity contribution in [3.05, 3.63) is 17.3 Å². The zero-order chi connectivity index (χ0) is 8.77. The Bertz CT molecular complexity index is 363. The molecule has 3 heteroatoms. The standard InChI is InChI=1S/C9H12N2S/c1-9(2,3)7-4-6-8(12-7)11-5-10-6/h4-5H,1-3H3,(H,10,11). The molecule has 12 heavy (non-hydrogen) atoms. The Balaban J connectivity index is 2.59. The summed E-state index contributed by atoms with van der Waals surface area (Å²) in [7, 11) is 0. The van der Waals surface area contributed by atoms with Crippen molar-refractivity contribution in [2.24, 2.45) is 0 Å². The fraction of sp³-hybridized carbons (Fsp3) is 0.444. The number of imidazole rings is 1. The summed E-state index contributed by atoms with van der Waals surface area (Å²) in [5.41, 5.74) is 1.40. The van der Waals surface area contributed by atoms with Gasteiger partial charge in [0, 0.05) is 4.88 Å². The third-order valence-corrected chi connectivity index (χ3v) is 3.32. The van der Waals surface area contributed by atoms with Gasteiger partial charge in [-0.1, -0.05) is 20.8 Å². The molecule has 2 heterocycles. The van der Waals surface area contributed by atoms with Crippen molar-refractivity contribution in [1.29, 1.82) is 0 Å². The van der Waals surface area contributed by atoms with Crippen LogP contribution >= 0.6 is 11.3 Å². The zero-order valence-electron chi connectivity index (χ0n) is 7.51. The molecule has 0 atom stereocenters. The van der Waals surface area contributed by atoms with E-state index in [1.54, 1.807) is 17.7 Å². The quantitative estimate of drug-likeness (QED) is 0.663. The molecule has 0 bridgehead atoms. The Morgan fingerprint density at radius 3 is 2.75 bits per heavy atom. The van der Waals surface area contributed by atoms with E-state index in [0.29, 0.717) is 0 Å². The molecule has 0 aliphatic heterocycles. The van der Waals surface area contributed by atoms with Crippen LogP contribution in [0.2, 0.25) is 0 Å². The summed E-state index contributed by atoms with van der Waals surface area (Å²) in [6.45, 7) is 6.66. The summed E-state index contributed by atoms with van der Waals surface area (Å²) in [6.07, 6.45) is 1.74. The molecular formula is C9H12N2S. The van der Waals surface area contributed by atoms with Crippen LogP contribution in [0.15, 0.2) is 12.4 Å². The van der Waals surface area contributed by atoms with Gasteiger partial charge in [-0.15, -0.1) is 11.3 Å². The lowest BCUT2D eigenvalue weighted by Crippen LogP contribution is -2.07. The van der Waals surface area contributed by atoms with Crippen LogP contribution in [0, 0.1) is 0 Å². The van der Waals surface area contributed by atoms with Gasteiger partial charge in [-0.3, -0.25) is 0 Å². The number of thiophene rings is 1. The number of aromatic amines is 1. The van der Waals surface area contributed by atoms with Crippen LogP contribution in [-0.4, -0.2) is 9.97 Å². The molecule has 0 fully saturated rings. The summed E-state index contributed by atoms with van der Waals surface area (Å²) >= 11 is 1.77. The molecule has 0 radical (unpaired) electrons. The van der Waals surface area contributed by atoms with Gasteiger partial charge in [0.1, 0.15) is 4.83 Å². The average molecular weight is 180 g/mol. The van der Waals surface area contributed by atoms with Crippen molar-refractivity contribution in [3.8, 4) is 0 Å². The van der Waals surface area contributed by atoms with Crippen molar-refractivity contribution in [1.82, 2.24) is 9.97 Å². The summed E-state index contributed by atoms with van der Waals surface area (Å²) in [4.78, 5) is 9.82. The third-order valence-electron chi connectivity index (χ3n) is 1.85. The van der Waals surface area contributed by atoms with Crippen LogP contribution in [0.25, 0.3) is 10.3 Å². The van der Waals surface area contributed by atoms with E-state index in [1.807, 2.05) is 0 Å². The highest BCUT2D eigenvalue weighted by atomic mass is 32.1. The fourth-order valence-corrected chi connectivity index (χ4v) is 2.14. The molecule has 0 unspecified atom stereocenters. The number of hydrogen-bond donors (Lipinski definition) is 1. The molecule has 1 N–H and O–H groups in total. The smallest absolute Gasteiger partial charge is 0.141 e. The fourth-order valence-electron chi connectivity index (χ4n) is 1.11. The highest BCUT2D eigenvalue weighted by Gasteiger charge is 2.17. The molecule has 0 aromatic carbocycles. The monoisotopic (exact) mass is 180 g/mol. The molecule has 0 saturated heterocycles. The molecule has 2 aromatic rings. The Morgan fingerprint density at radius 2 is 2.17 bits per heavy atom. The second-order valence-corrected chi connectivity index (χ2v) is 5.01. The molecule has 2 rings (SSSR count). The minimum Gasteiger partial charge on any atom is -0.344 e. The molecule has 2 aromatic heterocycles. The average Bonchev–Trinajstić information content (AvgIpc) is 2.37. The maximum absolute atomic E-state index is 4.22. The highest BCUT2D eigenvalue weighted by molar-refractivity contribution is 7.18. The van der Waals surface area contributed by atoms with Gasteiger partial charge in [0.05, 0.1) is 11.8 Å². The molecule has 2 nitrogen and oxygen atoms in total. The number of nitrogens with one attached hydrogen (secondary N) is 1. The normalized spacial score (nSPS) is 12.6. The van der Waals surface area contributed by atoms with E-state index in [9.17, 15) is 0 Å². The second-order valence-electron chi connectivity index (χ2n) is 3.98. The summed E-state index contributed by atoms with van der Waals surface area (Å²) in [6, 6.07) is 2.19. The number of fused-ring (bicyclic) bond motifs is 1. The highest BCUT2D eigenvalue weighted by Crippen LogP contribution is 2.32. The van der Waals surface area contributed by atoms with Crippen molar-refractivity contribution >= 4 is 21.7 Å². The van der Waals surface area contributed by atoms with E-state index in [4.69, 9.17) is 0 Å². The van der Waals surface area contributed by atoms with Gasteiger partial charge in [0.2, 0.25) is 0 Å². The van der Waals surface area contributed by atoms with Crippen LogP contribution < -0.4 is 0 Å².